The minimum Gasteiger partial charge on any atom is -0.480 e. The molecule has 2 N–H and O–H groups in total. The van der Waals surface area contributed by atoms with Crippen LogP contribution in [0, 0.1) is 0 Å². The summed E-state index contributed by atoms with van der Waals surface area (Å²) >= 11 is 0. The lowest BCUT2D eigenvalue weighted by atomic mass is 10.5. The molecule has 0 atom stereocenters. The van der Waals surface area contributed by atoms with Gasteiger partial charge in [-0.25, -0.2) is 4.79 Å². The summed E-state index contributed by atoms with van der Waals surface area (Å²) in [7, 11) is 4.47. The largest absolute Gasteiger partial charge is 0.480 e. The van der Waals surface area contributed by atoms with Crippen molar-refractivity contribution >= 4 is 17.9 Å². The highest BCUT2D eigenvalue weighted by Crippen LogP contribution is 1.84. The Kier molecular flexibility index (Phi) is 5.14. The highest BCUT2D eigenvalue weighted by Gasteiger charge is 2.13. The first kappa shape index (κ1) is 13.2. The quantitative estimate of drug-likeness (QED) is 0.619. The number of amides is 3. The predicted octanol–water partition coefficient (Wildman–Crippen LogP) is -1.20. The van der Waals surface area contributed by atoms with Gasteiger partial charge in [-0.05, 0) is 0 Å². The molecule has 0 spiro atoms. The first-order chi connectivity index (χ1) is 6.84. The Morgan fingerprint density at radius 2 is 1.73 bits per heavy atom. The van der Waals surface area contributed by atoms with Crippen LogP contribution >= 0.6 is 0 Å². The van der Waals surface area contributed by atoms with E-state index >= 15 is 0 Å². The summed E-state index contributed by atoms with van der Waals surface area (Å²) in [6.45, 7) is -0.544. The Morgan fingerprint density at radius 1 is 1.20 bits per heavy atom. The van der Waals surface area contributed by atoms with Gasteiger partial charge in [-0.3, -0.25) is 9.59 Å². The van der Waals surface area contributed by atoms with E-state index in [4.69, 9.17) is 5.11 Å². The molecule has 0 radical (unpaired) electrons. The number of carbonyl (C=O) groups excluding carboxylic acids is 2. The third kappa shape index (κ3) is 5.50. The van der Waals surface area contributed by atoms with Crippen molar-refractivity contribution in [1.29, 1.82) is 0 Å². The lowest BCUT2D eigenvalue weighted by Gasteiger charge is -2.16. The van der Waals surface area contributed by atoms with Crippen molar-refractivity contribution in [3.8, 4) is 0 Å². The summed E-state index contributed by atoms with van der Waals surface area (Å²) in [6.07, 6.45) is 0. The standard InChI is InChI=1S/C8H15N3O4/c1-10(2)6(12)4-9-8(15)11(3)5-7(13)14/h4-5H2,1-3H3,(H,9,15)(H,13,14). The minimum absolute atomic E-state index is 0.143. The van der Waals surface area contributed by atoms with E-state index in [0.717, 1.165) is 4.90 Å². The van der Waals surface area contributed by atoms with E-state index in [2.05, 4.69) is 5.32 Å². The maximum atomic E-state index is 11.2. The molecular formula is C8H15N3O4. The fourth-order valence-corrected chi connectivity index (χ4v) is 0.719. The molecule has 0 aliphatic heterocycles. The van der Waals surface area contributed by atoms with E-state index in [1.54, 1.807) is 14.1 Å². The zero-order chi connectivity index (χ0) is 12.0. The lowest BCUT2D eigenvalue weighted by Crippen LogP contribution is -2.44. The lowest BCUT2D eigenvalue weighted by molar-refractivity contribution is -0.137. The molecule has 0 aromatic carbocycles. The van der Waals surface area contributed by atoms with Crippen LogP contribution in [0.5, 0.6) is 0 Å². The summed E-state index contributed by atoms with van der Waals surface area (Å²) in [5.74, 6) is -1.36. The third-order valence-corrected chi connectivity index (χ3v) is 1.61. The number of likely N-dealkylation sites (N-methyl/N-ethyl adjacent to an activating group) is 2. The Bertz CT molecular complexity index is 265. The molecule has 7 heteroatoms. The number of carboxylic acids is 1. The maximum Gasteiger partial charge on any atom is 0.323 e. The van der Waals surface area contributed by atoms with E-state index in [1.807, 2.05) is 0 Å². The van der Waals surface area contributed by atoms with Gasteiger partial charge >= 0.3 is 12.0 Å². The monoisotopic (exact) mass is 217 g/mol. The van der Waals surface area contributed by atoms with Crippen LogP contribution in [0.1, 0.15) is 0 Å². The first-order valence-corrected chi connectivity index (χ1v) is 4.25. The Morgan fingerprint density at radius 3 is 2.13 bits per heavy atom. The number of rotatable bonds is 4. The summed E-state index contributed by atoms with van der Waals surface area (Å²) in [6, 6.07) is -0.590. The van der Waals surface area contributed by atoms with Crippen molar-refractivity contribution in [2.45, 2.75) is 0 Å². The van der Waals surface area contributed by atoms with Gasteiger partial charge < -0.3 is 20.2 Å². The molecule has 0 unspecified atom stereocenters. The van der Waals surface area contributed by atoms with E-state index in [0.29, 0.717) is 0 Å². The molecule has 0 aliphatic carbocycles. The Labute approximate surface area is 87.6 Å². The van der Waals surface area contributed by atoms with Crippen LogP contribution in [0.3, 0.4) is 0 Å². The van der Waals surface area contributed by atoms with E-state index in [9.17, 15) is 14.4 Å². The summed E-state index contributed by atoms with van der Waals surface area (Å²) < 4.78 is 0. The van der Waals surface area contributed by atoms with Gasteiger partial charge in [-0.1, -0.05) is 0 Å². The smallest absolute Gasteiger partial charge is 0.323 e. The summed E-state index contributed by atoms with van der Waals surface area (Å²) in [5.41, 5.74) is 0. The van der Waals surface area contributed by atoms with Gasteiger partial charge in [-0.15, -0.1) is 0 Å². The van der Waals surface area contributed by atoms with Gasteiger partial charge in [0.05, 0.1) is 6.54 Å². The van der Waals surface area contributed by atoms with Crippen LogP contribution in [0.15, 0.2) is 0 Å². The molecule has 0 heterocycles. The fourth-order valence-electron chi connectivity index (χ4n) is 0.719. The average Bonchev–Trinajstić information content (AvgIpc) is 2.12. The summed E-state index contributed by atoms with van der Waals surface area (Å²) in [5, 5.41) is 10.7. The van der Waals surface area contributed by atoms with E-state index in [-0.39, 0.29) is 12.5 Å². The minimum atomic E-state index is -1.11. The van der Waals surface area contributed by atoms with Crippen LogP contribution in [0.2, 0.25) is 0 Å². The Hall–Kier alpha value is -1.79. The second kappa shape index (κ2) is 5.84. The molecule has 15 heavy (non-hydrogen) atoms. The van der Waals surface area contributed by atoms with E-state index < -0.39 is 18.5 Å². The van der Waals surface area contributed by atoms with Gasteiger partial charge in [-0.2, -0.15) is 0 Å². The van der Waals surface area contributed by atoms with Crippen molar-refractivity contribution in [2.24, 2.45) is 0 Å². The second-order valence-corrected chi connectivity index (χ2v) is 3.20. The third-order valence-electron chi connectivity index (χ3n) is 1.61. The molecule has 3 amide bonds. The van der Waals surface area contributed by atoms with Gasteiger partial charge in [0, 0.05) is 21.1 Å². The molecule has 0 bridgehead atoms. The molecule has 0 aromatic heterocycles. The molecule has 0 rings (SSSR count). The molecule has 0 saturated heterocycles. The van der Waals surface area contributed by atoms with Gasteiger partial charge in [0.25, 0.3) is 0 Å². The van der Waals surface area contributed by atoms with Crippen molar-refractivity contribution < 1.29 is 19.5 Å². The first-order valence-electron chi connectivity index (χ1n) is 4.25. The van der Waals surface area contributed by atoms with Crippen molar-refractivity contribution in [1.82, 2.24) is 15.1 Å². The molecule has 0 saturated carbocycles. The van der Waals surface area contributed by atoms with Crippen molar-refractivity contribution in [3.63, 3.8) is 0 Å². The highest BCUT2D eigenvalue weighted by atomic mass is 16.4. The zero-order valence-corrected chi connectivity index (χ0v) is 8.98. The normalized spacial score (nSPS) is 9.27. The molecule has 0 aromatic rings. The van der Waals surface area contributed by atoms with Crippen molar-refractivity contribution in [3.05, 3.63) is 0 Å². The zero-order valence-electron chi connectivity index (χ0n) is 8.98. The van der Waals surface area contributed by atoms with Gasteiger partial charge in [0.1, 0.15) is 6.54 Å². The number of carbonyl (C=O) groups is 3. The average molecular weight is 217 g/mol. The molecular weight excluding hydrogens is 202 g/mol. The van der Waals surface area contributed by atoms with Gasteiger partial charge in [0.2, 0.25) is 5.91 Å². The SMILES string of the molecule is CN(C)C(=O)CNC(=O)N(C)CC(=O)O. The summed E-state index contributed by atoms with van der Waals surface area (Å²) in [4.78, 5) is 34.8. The Balaban J connectivity index is 3.93. The van der Waals surface area contributed by atoms with Crippen LogP contribution < -0.4 is 5.32 Å². The number of hydrogen-bond donors (Lipinski definition) is 2. The fraction of sp³-hybridized carbons (Fsp3) is 0.625. The second-order valence-electron chi connectivity index (χ2n) is 3.20. The molecule has 7 nitrogen and oxygen atoms in total. The molecule has 0 aliphatic rings. The van der Waals surface area contributed by atoms with Crippen LogP contribution in [0.25, 0.3) is 0 Å². The van der Waals surface area contributed by atoms with E-state index in [1.165, 1.54) is 11.9 Å². The van der Waals surface area contributed by atoms with Crippen molar-refractivity contribution in [2.75, 3.05) is 34.2 Å². The topological polar surface area (TPSA) is 90.0 Å². The molecule has 86 valence electrons. The number of nitrogens with zero attached hydrogens (tertiary/aromatic N) is 2. The number of aliphatic carboxylic acids is 1. The van der Waals surface area contributed by atoms with Crippen LogP contribution in [-0.4, -0.2) is 67.0 Å². The predicted molar refractivity (Wildman–Crippen MR) is 52.4 cm³/mol. The number of hydrogen-bond acceptors (Lipinski definition) is 3. The number of nitrogens with one attached hydrogen (secondary N) is 1. The number of urea groups is 1. The maximum absolute atomic E-state index is 11.2. The van der Waals surface area contributed by atoms with Crippen LogP contribution in [0.4, 0.5) is 4.79 Å². The molecule has 0 fully saturated rings. The number of carboxylic acid groups (broad SMARTS) is 1. The van der Waals surface area contributed by atoms with Gasteiger partial charge in [0.15, 0.2) is 0 Å². The van der Waals surface area contributed by atoms with Crippen LogP contribution in [-0.2, 0) is 9.59 Å². The highest BCUT2D eigenvalue weighted by molar-refractivity contribution is 5.85.